The van der Waals surface area contributed by atoms with Gasteiger partial charge in [-0.3, -0.25) is 0 Å². The Kier molecular flexibility index (Phi) is 5.53. The zero-order valence-corrected chi connectivity index (χ0v) is 12.5. The highest BCUT2D eigenvalue weighted by Gasteiger charge is 2.14. The number of rotatable bonds is 6. The van der Waals surface area contributed by atoms with Crippen LogP contribution in [0.4, 0.5) is 0 Å². The first kappa shape index (κ1) is 13.4. The van der Waals surface area contributed by atoms with E-state index < -0.39 is 16.1 Å². The van der Waals surface area contributed by atoms with Crippen molar-refractivity contribution in [2.75, 3.05) is 0 Å². The van der Waals surface area contributed by atoms with E-state index in [1.807, 2.05) is 0 Å². The third-order valence-electron chi connectivity index (χ3n) is 2.35. The minimum Gasteiger partial charge on any atom is -0.0695 e. The molecule has 0 fully saturated rings. The maximum absolute atomic E-state index is 2.48. The summed E-state index contributed by atoms with van der Waals surface area (Å²) in [5, 5.41) is 0. The van der Waals surface area contributed by atoms with Crippen molar-refractivity contribution in [3.8, 4) is 0 Å². The van der Waals surface area contributed by atoms with Gasteiger partial charge in [-0.2, -0.15) is 0 Å². The second-order valence-corrected chi connectivity index (χ2v) is 17.9. The normalized spacial score (nSPS) is 13.4. The Balaban J connectivity index is 3.28. The number of unbranched alkanes of at least 4 members (excludes halogenated alkanes) is 2. The number of hydrogen-bond acceptors (Lipinski definition) is 0. The molecule has 0 amide bonds. The van der Waals surface area contributed by atoms with Gasteiger partial charge in [-0.25, -0.2) is 0 Å². The highest BCUT2D eigenvalue weighted by atomic mass is 28.3. The third-order valence-corrected chi connectivity index (χ3v) is 6.06. The lowest BCUT2D eigenvalue weighted by molar-refractivity contribution is 0.755. The molecule has 0 N–H and O–H groups in total. The van der Waals surface area contributed by atoms with Gasteiger partial charge in [0.15, 0.2) is 0 Å². The monoisotopic (exact) mass is 216 g/mol. The number of hydrogen-bond donors (Lipinski definition) is 0. The molecule has 0 rings (SSSR count). The van der Waals surface area contributed by atoms with Crippen LogP contribution < -0.4 is 0 Å². The molecule has 0 radical (unpaired) electrons. The van der Waals surface area contributed by atoms with Crippen molar-refractivity contribution in [2.45, 2.75) is 70.6 Å². The molecule has 0 atom stereocenters. The van der Waals surface area contributed by atoms with E-state index >= 15 is 0 Å². The zero-order valence-electron chi connectivity index (χ0n) is 10.5. The molecule has 0 aliphatic carbocycles. The summed E-state index contributed by atoms with van der Waals surface area (Å²) >= 11 is 0. The van der Waals surface area contributed by atoms with Gasteiger partial charge in [0, 0.05) is 16.1 Å². The van der Waals surface area contributed by atoms with Crippen LogP contribution in [0.25, 0.3) is 0 Å². The molecule has 0 aromatic rings. The van der Waals surface area contributed by atoms with Gasteiger partial charge in [0.2, 0.25) is 0 Å². The largest absolute Gasteiger partial charge is 0.0695 e. The average Bonchev–Trinajstić information content (AvgIpc) is 1.81. The van der Waals surface area contributed by atoms with Crippen molar-refractivity contribution >= 4 is 16.1 Å². The molecule has 0 aromatic carbocycles. The van der Waals surface area contributed by atoms with Crippen LogP contribution in [0.5, 0.6) is 0 Å². The van der Waals surface area contributed by atoms with E-state index in [0.717, 1.165) is 0 Å². The fourth-order valence-electron chi connectivity index (χ4n) is 1.49. The van der Waals surface area contributed by atoms with E-state index in [1.54, 1.807) is 0 Å². The standard InChI is InChI=1S/C11H28Si2/c1-12(2,3)10-8-7-9-11-13(4,5)6/h7-11H2,1-6H3. The highest BCUT2D eigenvalue weighted by Crippen LogP contribution is 2.18. The van der Waals surface area contributed by atoms with Gasteiger partial charge in [-0.1, -0.05) is 70.6 Å². The van der Waals surface area contributed by atoms with Crippen LogP contribution in [0.3, 0.4) is 0 Å². The third kappa shape index (κ3) is 12.4. The van der Waals surface area contributed by atoms with Gasteiger partial charge < -0.3 is 0 Å². The van der Waals surface area contributed by atoms with Crippen LogP contribution in [0, 0.1) is 0 Å². The van der Waals surface area contributed by atoms with E-state index in [0.29, 0.717) is 0 Å². The molecule has 13 heavy (non-hydrogen) atoms. The zero-order chi connectivity index (χ0) is 10.5. The predicted molar refractivity (Wildman–Crippen MR) is 70.2 cm³/mol. The topological polar surface area (TPSA) is 0 Å². The molecular weight excluding hydrogens is 188 g/mol. The molecule has 0 unspecified atom stereocenters. The minimum atomic E-state index is -0.742. The molecule has 80 valence electrons. The Hall–Kier alpha value is 0.434. The lowest BCUT2D eigenvalue weighted by atomic mass is 10.3. The minimum absolute atomic E-state index is 0.742. The molecule has 0 aliphatic heterocycles. The average molecular weight is 217 g/mol. The second kappa shape index (κ2) is 5.35. The summed E-state index contributed by atoms with van der Waals surface area (Å²) < 4.78 is 0. The Morgan fingerprint density at radius 1 is 0.538 bits per heavy atom. The first-order valence-electron chi connectivity index (χ1n) is 5.71. The molecule has 0 aliphatic rings. The predicted octanol–water partition coefficient (Wildman–Crippen LogP) is 4.83. The Morgan fingerprint density at radius 2 is 0.846 bits per heavy atom. The Morgan fingerprint density at radius 3 is 1.08 bits per heavy atom. The summed E-state index contributed by atoms with van der Waals surface area (Å²) in [6.45, 7) is 14.9. The molecule has 0 bridgehead atoms. The SMILES string of the molecule is C[Si](C)(C)CCCCC[Si](C)(C)C. The summed E-state index contributed by atoms with van der Waals surface area (Å²) in [5.74, 6) is 0. The molecule has 0 nitrogen and oxygen atoms in total. The van der Waals surface area contributed by atoms with Gasteiger partial charge in [0.25, 0.3) is 0 Å². The molecule has 0 saturated heterocycles. The van der Waals surface area contributed by atoms with Crippen molar-refractivity contribution < 1.29 is 0 Å². The van der Waals surface area contributed by atoms with Gasteiger partial charge in [0.1, 0.15) is 0 Å². The summed E-state index contributed by atoms with van der Waals surface area (Å²) in [7, 11) is -1.48. The van der Waals surface area contributed by atoms with E-state index in [4.69, 9.17) is 0 Å². The molecule has 0 aromatic heterocycles. The summed E-state index contributed by atoms with van der Waals surface area (Å²) in [4.78, 5) is 0. The Labute approximate surface area is 87.2 Å². The van der Waals surface area contributed by atoms with E-state index in [-0.39, 0.29) is 0 Å². The summed E-state index contributed by atoms with van der Waals surface area (Å²) in [5.41, 5.74) is 0. The van der Waals surface area contributed by atoms with Gasteiger partial charge in [-0.15, -0.1) is 0 Å². The fraction of sp³-hybridized carbons (Fsp3) is 1.00. The van der Waals surface area contributed by atoms with Crippen LogP contribution in [0.15, 0.2) is 0 Å². The molecule has 0 saturated carbocycles. The quantitative estimate of drug-likeness (QED) is 0.440. The van der Waals surface area contributed by atoms with Crippen LogP contribution in [0.2, 0.25) is 51.4 Å². The van der Waals surface area contributed by atoms with Crippen molar-refractivity contribution in [2.24, 2.45) is 0 Å². The lowest BCUT2D eigenvalue weighted by Crippen LogP contribution is -2.20. The smallest absolute Gasteiger partial charge is 0.0442 e. The summed E-state index contributed by atoms with van der Waals surface area (Å²) in [6, 6.07) is 3.05. The van der Waals surface area contributed by atoms with Gasteiger partial charge >= 0.3 is 0 Å². The maximum atomic E-state index is 2.48. The summed E-state index contributed by atoms with van der Waals surface area (Å²) in [6.07, 6.45) is 4.45. The van der Waals surface area contributed by atoms with Crippen molar-refractivity contribution in [1.29, 1.82) is 0 Å². The van der Waals surface area contributed by atoms with Gasteiger partial charge in [-0.05, 0) is 0 Å². The van der Waals surface area contributed by atoms with Crippen LogP contribution in [-0.4, -0.2) is 16.1 Å². The fourth-order valence-corrected chi connectivity index (χ4v) is 4.11. The van der Waals surface area contributed by atoms with Crippen LogP contribution in [0.1, 0.15) is 19.3 Å². The van der Waals surface area contributed by atoms with Crippen molar-refractivity contribution in [3.63, 3.8) is 0 Å². The first-order valence-corrected chi connectivity index (χ1v) is 13.1. The highest BCUT2D eigenvalue weighted by molar-refractivity contribution is 6.76. The Bertz CT molecular complexity index is 112. The molecule has 2 heteroatoms. The van der Waals surface area contributed by atoms with E-state index in [1.165, 1.54) is 31.4 Å². The van der Waals surface area contributed by atoms with Crippen molar-refractivity contribution in [1.82, 2.24) is 0 Å². The van der Waals surface area contributed by atoms with E-state index in [9.17, 15) is 0 Å². The molecule has 0 heterocycles. The maximum Gasteiger partial charge on any atom is 0.0442 e. The molecular formula is C11H28Si2. The van der Waals surface area contributed by atoms with Gasteiger partial charge in [0.05, 0.1) is 0 Å². The van der Waals surface area contributed by atoms with E-state index in [2.05, 4.69) is 39.3 Å². The van der Waals surface area contributed by atoms with Crippen LogP contribution in [-0.2, 0) is 0 Å². The lowest BCUT2D eigenvalue weighted by Gasteiger charge is -2.17. The van der Waals surface area contributed by atoms with Crippen LogP contribution >= 0.6 is 0 Å². The van der Waals surface area contributed by atoms with Crippen molar-refractivity contribution in [3.05, 3.63) is 0 Å². The first-order chi connectivity index (χ1) is 5.71. The second-order valence-electron chi connectivity index (χ2n) is 6.68. The molecule has 0 spiro atoms.